The Bertz CT molecular complexity index is 834. The number of aliphatic imine (C=N–C) groups is 1. The minimum absolute atomic E-state index is 0.198. The lowest BCUT2D eigenvalue weighted by atomic mass is 10.1. The van der Waals surface area contributed by atoms with Crippen molar-refractivity contribution in [2.24, 2.45) is 4.99 Å². The number of pyridine rings is 1. The first-order chi connectivity index (χ1) is 15.9. The highest BCUT2D eigenvalue weighted by atomic mass is 19.4. The second kappa shape index (κ2) is 18.5. The maximum Gasteiger partial charge on any atom is 0.419 e. The number of rotatable bonds is 5. The van der Waals surface area contributed by atoms with Crippen molar-refractivity contribution in [1.82, 2.24) is 9.88 Å². The summed E-state index contributed by atoms with van der Waals surface area (Å²) in [5.41, 5.74) is 1.99. The average Bonchev–Trinajstić information content (AvgIpc) is 2.76. The van der Waals surface area contributed by atoms with Gasteiger partial charge in [0, 0.05) is 39.0 Å². The van der Waals surface area contributed by atoms with Gasteiger partial charge in [-0.15, -0.1) is 0 Å². The van der Waals surface area contributed by atoms with Crippen LogP contribution in [0.3, 0.4) is 0 Å². The van der Waals surface area contributed by atoms with Crippen LogP contribution in [-0.2, 0) is 17.4 Å². The van der Waals surface area contributed by atoms with Crippen LogP contribution in [0.5, 0.6) is 5.75 Å². The van der Waals surface area contributed by atoms with Crippen molar-refractivity contribution < 1.29 is 23.1 Å². The molecule has 1 heterocycles. The fourth-order valence-electron chi connectivity index (χ4n) is 2.73. The molecule has 0 fully saturated rings. The first-order valence-electron chi connectivity index (χ1n) is 11.3. The highest BCUT2D eigenvalue weighted by molar-refractivity contribution is 5.73. The van der Waals surface area contributed by atoms with Crippen LogP contribution in [0.1, 0.15) is 62.9 Å². The lowest BCUT2D eigenvalue weighted by molar-refractivity contribution is -0.138. The third kappa shape index (κ3) is 15.0. The van der Waals surface area contributed by atoms with E-state index in [9.17, 15) is 18.0 Å². The maximum absolute atomic E-state index is 12.1. The van der Waals surface area contributed by atoms with Crippen LogP contribution in [0.15, 0.2) is 41.5 Å². The van der Waals surface area contributed by atoms with Crippen LogP contribution in [-0.4, -0.2) is 47.8 Å². The zero-order valence-electron chi connectivity index (χ0n) is 21.5. The fourth-order valence-corrected chi connectivity index (χ4v) is 2.73. The Kier molecular flexibility index (Phi) is 18.1. The molecule has 0 aliphatic rings. The predicted molar refractivity (Wildman–Crippen MR) is 135 cm³/mol. The van der Waals surface area contributed by atoms with Crippen molar-refractivity contribution in [2.75, 3.05) is 20.1 Å². The van der Waals surface area contributed by atoms with Gasteiger partial charge in [-0.2, -0.15) is 13.2 Å². The highest BCUT2D eigenvalue weighted by Gasteiger charge is 2.33. The van der Waals surface area contributed by atoms with Crippen molar-refractivity contribution in [3.05, 3.63) is 58.9 Å². The van der Waals surface area contributed by atoms with Gasteiger partial charge in [0.2, 0.25) is 5.91 Å². The SMILES string of the molecule is C=NC.CCCN(CCC)C(C)=O.CCc1ncccc1C.Cc1ccc(O)c(C(F)(F)F)c1. The van der Waals surface area contributed by atoms with Crippen molar-refractivity contribution >= 4 is 12.6 Å². The summed E-state index contributed by atoms with van der Waals surface area (Å²) in [6.07, 6.45) is 0.508. The van der Waals surface area contributed by atoms with Gasteiger partial charge in [-0.05, 0) is 63.6 Å². The molecule has 5 nitrogen and oxygen atoms in total. The molecule has 192 valence electrons. The van der Waals surface area contributed by atoms with E-state index in [1.54, 1.807) is 14.0 Å². The summed E-state index contributed by atoms with van der Waals surface area (Å²) >= 11 is 0. The number of hydrogen-bond donors (Lipinski definition) is 1. The molecule has 1 amide bonds. The Hall–Kier alpha value is -2.90. The van der Waals surface area contributed by atoms with Gasteiger partial charge in [-0.25, -0.2) is 0 Å². The van der Waals surface area contributed by atoms with Gasteiger partial charge in [0.05, 0.1) is 5.56 Å². The number of aromatic nitrogens is 1. The van der Waals surface area contributed by atoms with E-state index in [0.717, 1.165) is 44.5 Å². The molecule has 0 saturated carbocycles. The third-order valence-electron chi connectivity index (χ3n) is 4.34. The molecule has 34 heavy (non-hydrogen) atoms. The summed E-state index contributed by atoms with van der Waals surface area (Å²) in [6.45, 7) is 16.5. The molecule has 0 aliphatic carbocycles. The molecular weight excluding hydrogens is 443 g/mol. The van der Waals surface area contributed by atoms with Crippen molar-refractivity contribution in [1.29, 1.82) is 0 Å². The number of phenolic OH excluding ortho intramolecular Hbond substituents is 1. The molecule has 2 rings (SSSR count). The number of benzene rings is 1. The molecule has 0 saturated heterocycles. The highest BCUT2D eigenvalue weighted by Crippen LogP contribution is 2.35. The summed E-state index contributed by atoms with van der Waals surface area (Å²) in [7, 11) is 1.64. The maximum atomic E-state index is 12.1. The number of hydrogen-bond acceptors (Lipinski definition) is 4. The third-order valence-corrected chi connectivity index (χ3v) is 4.34. The molecule has 0 radical (unpaired) electrons. The minimum Gasteiger partial charge on any atom is -0.507 e. The van der Waals surface area contributed by atoms with Crippen LogP contribution < -0.4 is 0 Å². The topological polar surface area (TPSA) is 65.8 Å². The zero-order chi connectivity index (χ0) is 26.7. The number of aromatic hydroxyl groups is 1. The van der Waals surface area contributed by atoms with Crippen molar-refractivity contribution in [2.45, 2.75) is 67.0 Å². The molecule has 0 atom stereocenters. The van der Waals surface area contributed by atoms with Gasteiger partial charge in [0.15, 0.2) is 0 Å². The minimum atomic E-state index is -4.48. The molecule has 1 aromatic heterocycles. The Morgan fingerprint density at radius 3 is 1.97 bits per heavy atom. The number of halogens is 3. The van der Waals surface area contributed by atoms with E-state index in [1.807, 2.05) is 17.2 Å². The molecule has 2 aromatic rings. The summed E-state index contributed by atoms with van der Waals surface area (Å²) in [4.78, 5) is 20.2. The van der Waals surface area contributed by atoms with Crippen LogP contribution in [0, 0.1) is 13.8 Å². The number of nitrogens with zero attached hydrogens (tertiary/aromatic N) is 3. The summed E-state index contributed by atoms with van der Waals surface area (Å²) in [6, 6.07) is 7.43. The van der Waals surface area contributed by atoms with Gasteiger partial charge in [0.25, 0.3) is 0 Å². The number of alkyl halides is 3. The fraction of sp³-hybridized carbons (Fsp3) is 0.500. The van der Waals surface area contributed by atoms with E-state index in [0.29, 0.717) is 5.56 Å². The molecule has 8 heteroatoms. The number of aryl methyl sites for hydroxylation is 3. The smallest absolute Gasteiger partial charge is 0.419 e. The largest absolute Gasteiger partial charge is 0.507 e. The summed E-state index contributed by atoms with van der Waals surface area (Å²) < 4.78 is 36.2. The number of amides is 1. The molecular formula is C26H40F3N3O2. The van der Waals surface area contributed by atoms with E-state index in [2.05, 4.69) is 50.5 Å². The van der Waals surface area contributed by atoms with Gasteiger partial charge in [-0.3, -0.25) is 9.78 Å². The summed E-state index contributed by atoms with van der Waals surface area (Å²) in [5.74, 6) is -0.531. The Balaban J connectivity index is 0. The Labute approximate surface area is 202 Å². The Morgan fingerprint density at radius 1 is 1.12 bits per heavy atom. The second-order valence-electron chi connectivity index (χ2n) is 7.46. The summed E-state index contributed by atoms with van der Waals surface area (Å²) in [5, 5.41) is 8.85. The first-order valence-corrected chi connectivity index (χ1v) is 11.3. The molecule has 0 spiro atoms. The number of carbonyl (C=O) groups is 1. The standard InChI is InChI=1S/C8H7F3O.C8H17NO.C8H11N.C2H5N/c1-5-2-3-7(12)6(4-5)8(9,10)11;1-4-6-9(7-5-2)8(3)10;1-3-8-7(2)5-4-6-9-8;1-3-2/h2-4,12H,1H3;4-7H2,1-3H3;4-6H,3H2,1-2H3;1H2,2H3. The van der Waals surface area contributed by atoms with E-state index in [-0.39, 0.29) is 5.91 Å². The van der Waals surface area contributed by atoms with Crippen LogP contribution in [0.2, 0.25) is 0 Å². The normalized spacial score (nSPS) is 9.82. The quantitative estimate of drug-likeness (QED) is 0.485. The Morgan fingerprint density at radius 2 is 1.65 bits per heavy atom. The zero-order valence-corrected chi connectivity index (χ0v) is 21.5. The van der Waals surface area contributed by atoms with E-state index >= 15 is 0 Å². The monoisotopic (exact) mass is 483 g/mol. The number of carbonyl (C=O) groups excluding carboxylic acids is 1. The van der Waals surface area contributed by atoms with E-state index in [4.69, 9.17) is 5.11 Å². The van der Waals surface area contributed by atoms with Gasteiger partial charge in [-0.1, -0.05) is 38.5 Å². The molecule has 1 aromatic carbocycles. The van der Waals surface area contributed by atoms with E-state index < -0.39 is 17.5 Å². The van der Waals surface area contributed by atoms with Crippen LogP contribution >= 0.6 is 0 Å². The molecule has 0 unspecified atom stereocenters. The van der Waals surface area contributed by atoms with E-state index in [1.165, 1.54) is 24.2 Å². The molecule has 0 aliphatic heterocycles. The lowest BCUT2D eigenvalue weighted by Gasteiger charge is -2.18. The van der Waals surface area contributed by atoms with Gasteiger partial charge in [0.1, 0.15) is 5.75 Å². The van der Waals surface area contributed by atoms with Crippen LogP contribution in [0.4, 0.5) is 13.2 Å². The second-order valence-corrected chi connectivity index (χ2v) is 7.46. The average molecular weight is 484 g/mol. The van der Waals surface area contributed by atoms with Crippen molar-refractivity contribution in [3.8, 4) is 5.75 Å². The number of phenols is 1. The lowest BCUT2D eigenvalue weighted by Crippen LogP contribution is -2.29. The molecule has 1 N–H and O–H groups in total. The molecule has 0 bridgehead atoms. The first kappa shape index (κ1) is 33.3. The van der Waals surface area contributed by atoms with Gasteiger partial charge >= 0.3 is 6.18 Å². The van der Waals surface area contributed by atoms with Gasteiger partial charge < -0.3 is 15.0 Å². The predicted octanol–water partition coefficient (Wildman–Crippen LogP) is 6.64. The van der Waals surface area contributed by atoms with Crippen molar-refractivity contribution in [3.63, 3.8) is 0 Å². The van der Waals surface area contributed by atoms with Crippen LogP contribution in [0.25, 0.3) is 0 Å².